The summed E-state index contributed by atoms with van der Waals surface area (Å²) in [7, 11) is 2.14. The molecule has 1 aliphatic heterocycles. The molecule has 0 radical (unpaired) electrons. The average molecular weight is 344 g/mol. The van der Waals surface area contributed by atoms with Crippen LogP contribution in [0.5, 0.6) is 0 Å². The van der Waals surface area contributed by atoms with Crippen molar-refractivity contribution < 1.29 is 0 Å². The number of rotatable bonds is 3. The van der Waals surface area contributed by atoms with Crippen molar-refractivity contribution in [3.63, 3.8) is 0 Å². The van der Waals surface area contributed by atoms with Gasteiger partial charge in [0.15, 0.2) is 17.5 Å². The van der Waals surface area contributed by atoms with Crippen molar-refractivity contribution in [2.75, 3.05) is 13.6 Å². The number of hydrogen-bond acceptors (Lipinski definition) is 6. The van der Waals surface area contributed by atoms with E-state index >= 15 is 0 Å². The molecule has 0 saturated carbocycles. The summed E-state index contributed by atoms with van der Waals surface area (Å²) in [6.45, 7) is 3.12. The molecule has 0 spiro atoms. The van der Waals surface area contributed by atoms with Gasteiger partial charge in [0.05, 0.1) is 0 Å². The van der Waals surface area contributed by atoms with Gasteiger partial charge in [-0.2, -0.15) is 0 Å². The molecule has 1 aliphatic rings. The van der Waals surface area contributed by atoms with Crippen LogP contribution in [0.1, 0.15) is 19.2 Å². The summed E-state index contributed by atoms with van der Waals surface area (Å²) in [6.07, 6.45) is 10.1. The van der Waals surface area contributed by atoms with E-state index in [9.17, 15) is 0 Å². The van der Waals surface area contributed by atoms with Crippen molar-refractivity contribution in [3.8, 4) is 22.8 Å². The molecule has 26 heavy (non-hydrogen) atoms. The lowest BCUT2D eigenvalue weighted by Crippen LogP contribution is -2.32. The molecule has 4 rings (SSSR count). The maximum absolute atomic E-state index is 4.76. The Labute approximate surface area is 152 Å². The number of pyridine rings is 2. The molecule has 130 valence electrons. The first-order chi connectivity index (χ1) is 12.7. The monoisotopic (exact) mass is 344 g/mol. The van der Waals surface area contributed by atoms with Crippen LogP contribution in [0.3, 0.4) is 0 Å². The lowest BCUT2D eigenvalue weighted by molar-refractivity contribution is 0.278. The van der Waals surface area contributed by atoms with Gasteiger partial charge in [-0.3, -0.25) is 14.9 Å². The molecule has 1 atom stereocenters. The fraction of sp³-hybridized carbons (Fsp3) is 0.250. The highest BCUT2D eigenvalue weighted by atomic mass is 15.1. The second-order valence-corrected chi connectivity index (χ2v) is 6.50. The molecule has 0 N–H and O–H groups in total. The van der Waals surface area contributed by atoms with Gasteiger partial charge in [-0.25, -0.2) is 15.0 Å². The van der Waals surface area contributed by atoms with Crippen LogP contribution < -0.4 is 0 Å². The third-order valence-corrected chi connectivity index (χ3v) is 4.69. The normalized spacial score (nSPS) is 17.8. The van der Waals surface area contributed by atoms with E-state index in [0.29, 0.717) is 17.7 Å². The molecule has 6 nitrogen and oxygen atoms in total. The molecule has 0 bridgehead atoms. The summed E-state index contributed by atoms with van der Waals surface area (Å²) in [4.78, 5) is 24.7. The van der Waals surface area contributed by atoms with Gasteiger partial charge in [-0.1, -0.05) is 6.08 Å². The van der Waals surface area contributed by atoms with E-state index in [2.05, 4.69) is 39.9 Å². The van der Waals surface area contributed by atoms with Crippen molar-refractivity contribution in [2.45, 2.75) is 19.4 Å². The summed E-state index contributed by atoms with van der Waals surface area (Å²) in [5.41, 5.74) is 3.03. The number of hydrogen-bond donors (Lipinski definition) is 0. The second kappa shape index (κ2) is 7.09. The van der Waals surface area contributed by atoms with E-state index in [1.165, 1.54) is 5.57 Å². The maximum Gasteiger partial charge on any atom is 0.164 e. The van der Waals surface area contributed by atoms with Crippen LogP contribution in [0.25, 0.3) is 28.3 Å². The summed E-state index contributed by atoms with van der Waals surface area (Å²) in [6, 6.07) is 8.13. The maximum atomic E-state index is 4.76. The van der Waals surface area contributed by atoms with Crippen molar-refractivity contribution >= 4 is 5.57 Å². The largest absolute Gasteiger partial charge is 0.300 e. The van der Waals surface area contributed by atoms with Gasteiger partial charge in [-0.15, -0.1) is 0 Å². The molecule has 3 aromatic heterocycles. The third kappa shape index (κ3) is 3.36. The van der Waals surface area contributed by atoms with Gasteiger partial charge in [0.25, 0.3) is 0 Å². The minimum absolute atomic E-state index is 0.459. The van der Waals surface area contributed by atoms with Gasteiger partial charge in [-0.05, 0) is 50.2 Å². The Morgan fingerprint density at radius 1 is 0.808 bits per heavy atom. The predicted molar refractivity (Wildman–Crippen MR) is 101 cm³/mol. The minimum Gasteiger partial charge on any atom is -0.300 e. The lowest BCUT2D eigenvalue weighted by Gasteiger charge is -2.28. The smallest absolute Gasteiger partial charge is 0.164 e. The predicted octanol–water partition coefficient (Wildman–Crippen LogP) is 3.10. The highest BCUT2D eigenvalue weighted by Gasteiger charge is 2.20. The molecule has 0 fully saturated rings. The van der Waals surface area contributed by atoms with Gasteiger partial charge in [0, 0.05) is 48.5 Å². The first-order valence-corrected chi connectivity index (χ1v) is 8.67. The fourth-order valence-electron chi connectivity index (χ4n) is 2.95. The van der Waals surface area contributed by atoms with Gasteiger partial charge in [0.1, 0.15) is 0 Å². The van der Waals surface area contributed by atoms with Crippen molar-refractivity contribution in [3.05, 3.63) is 61.0 Å². The molecule has 0 amide bonds. The molecule has 6 heteroatoms. The van der Waals surface area contributed by atoms with E-state index < -0.39 is 0 Å². The van der Waals surface area contributed by atoms with Crippen LogP contribution in [0.4, 0.5) is 0 Å². The minimum atomic E-state index is 0.459. The fourth-order valence-corrected chi connectivity index (χ4v) is 2.95. The Kier molecular flexibility index (Phi) is 4.50. The van der Waals surface area contributed by atoms with Crippen LogP contribution in [0.15, 0.2) is 55.1 Å². The molecule has 0 aliphatic carbocycles. The van der Waals surface area contributed by atoms with Gasteiger partial charge in [0.2, 0.25) is 0 Å². The first kappa shape index (κ1) is 16.5. The standard InChI is InChI=1S/C20H20N6/c1-14-13-17(7-12-26(14)2)20-24-18(15-3-8-21-9-4-15)23-19(25-20)16-5-10-22-11-6-16/h3-11,14H,12-13H2,1-2H3. The van der Waals surface area contributed by atoms with Gasteiger partial charge >= 0.3 is 0 Å². The number of nitrogens with zero attached hydrogens (tertiary/aromatic N) is 6. The Balaban J connectivity index is 1.84. The molecule has 0 saturated heterocycles. The second-order valence-electron chi connectivity index (χ2n) is 6.50. The van der Waals surface area contributed by atoms with Crippen LogP contribution in [-0.2, 0) is 0 Å². The SMILES string of the molecule is CC1CC(c2nc(-c3ccncc3)nc(-c3ccncc3)n2)=CCN1C. The molecule has 0 aromatic carbocycles. The molecule has 1 unspecified atom stereocenters. The zero-order valence-electron chi connectivity index (χ0n) is 14.9. The van der Waals surface area contributed by atoms with Crippen molar-refractivity contribution in [2.24, 2.45) is 0 Å². The topological polar surface area (TPSA) is 67.7 Å². The summed E-state index contributed by atoms with van der Waals surface area (Å²) in [5, 5.41) is 0. The van der Waals surface area contributed by atoms with Crippen LogP contribution in [0.2, 0.25) is 0 Å². The van der Waals surface area contributed by atoms with Crippen molar-refractivity contribution in [1.82, 2.24) is 29.8 Å². The number of likely N-dealkylation sites (N-methyl/N-ethyl adjacent to an activating group) is 1. The highest BCUT2D eigenvalue weighted by molar-refractivity contribution is 5.67. The van der Waals surface area contributed by atoms with E-state index in [1.807, 2.05) is 24.3 Å². The van der Waals surface area contributed by atoms with Crippen LogP contribution >= 0.6 is 0 Å². The van der Waals surface area contributed by atoms with Gasteiger partial charge < -0.3 is 0 Å². The van der Waals surface area contributed by atoms with E-state index in [4.69, 9.17) is 9.97 Å². The van der Waals surface area contributed by atoms with E-state index in [-0.39, 0.29) is 0 Å². The third-order valence-electron chi connectivity index (χ3n) is 4.69. The summed E-state index contributed by atoms with van der Waals surface area (Å²) < 4.78 is 0. The molecule has 4 heterocycles. The van der Waals surface area contributed by atoms with E-state index in [1.54, 1.807) is 24.8 Å². The van der Waals surface area contributed by atoms with Crippen LogP contribution in [-0.4, -0.2) is 49.5 Å². The zero-order chi connectivity index (χ0) is 17.9. The average Bonchev–Trinajstić information content (AvgIpc) is 2.71. The highest BCUT2D eigenvalue weighted by Crippen LogP contribution is 2.27. The molecular formula is C20H20N6. The van der Waals surface area contributed by atoms with Crippen molar-refractivity contribution in [1.29, 1.82) is 0 Å². The Bertz CT molecular complexity index is 866. The van der Waals surface area contributed by atoms with E-state index in [0.717, 1.165) is 29.9 Å². The quantitative estimate of drug-likeness (QED) is 0.727. The number of aromatic nitrogens is 5. The molecule has 3 aromatic rings. The molecular weight excluding hydrogens is 324 g/mol. The Morgan fingerprint density at radius 3 is 1.81 bits per heavy atom. The van der Waals surface area contributed by atoms with Crippen LogP contribution in [0, 0.1) is 0 Å². The lowest BCUT2D eigenvalue weighted by atomic mass is 10.0. The Morgan fingerprint density at radius 2 is 1.31 bits per heavy atom. The Hall–Kier alpha value is -2.99. The first-order valence-electron chi connectivity index (χ1n) is 8.67. The summed E-state index contributed by atoms with van der Waals surface area (Å²) >= 11 is 0. The zero-order valence-corrected chi connectivity index (χ0v) is 14.9. The summed E-state index contributed by atoms with van der Waals surface area (Å²) in [5.74, 6) is 2.08.